The van der Waals surface area contributed by atoms with Gasteiger partial charge in [-0.05, 0) is 64.2 Å². The van der Waals surface area contributed by atoms with Crippen LogP contribution in [0.1, 0.15) is 23.6 Å². The molecule has 2 heterocycles. The number of aromatic nitrogens is 1. The number of hydrogen-bond acceptors (Lipinski definition) is 2. The van der Waals surface area contributed by atoms with Gasteiger partial charge < -0.3 is 4.90 Å². The summed E-state index contributed by atoms with van der Waals surface area (Å²) >= 11 is 6.16. The SMILES string of the molecule is CC(=O)N1Cc2ccc(-c3ccncc3)cc2/C=C\c2cc(Cl)ccc21. The third-order valence-electron chi connectivity index (χ3n) is 4.59. The Morgan fingerprint density at radius 2 is 1.73 bits per heavy atom. The first kappa shape index (κ1) is 16.6. The molecule has 0 saturated carbocycles. The van der Waals surface area contributed by atoms with E-state index in [1.807, 2.05) is 36.4 Å². The summed E-state index contributed by atoms with van der Waals surface area (Å²) in [4.78, 5) is 18.1. The molecule has 0 atom stereocenters. The predicted octanol–water partition coefficient (Wildman–Crippen LogP) is 5.44. The summed E-state index contributed by atoms with van der Waals surface area (Å²) in [6.07, 6.45) is 7.69. The summed E-state index contributed by atoms with van der Waals surface area (Å²) in [7, 11) is 0. The molecular formula is C22H17ClN2O. The molecule has 0 unspecified atom stereocenters. The lowest BCUT2D eigenvalue weighted by atomic mass is 9.96. The second kappa shape index (κ2) is 6.77. The van der Waals surface area contributed by atoms with E-state index < -0.39 is 0 Å². The highest BCUT2D eigenvalue weighted by atomic mass is 35.5. The molecule has 128 valence electrons. The van der Waals surface area contributed by atoms with Crippen molar-refractivity contribution >= 4 is 35.3 Å². The van der Waals surface area contributed by atoms with E-state index in [-0.39, 0.29) is 5.91 Å². The molecule has 3 aromatic rings. The summed E-state index contributed by atoms with van der Waals surface area (Å²) in [5.74, 6) is 0.00744. The first-order valence-corrected chi connectivity index (χ1v) is 8.79. The Morgan fingerprint density at radius 1 is 0.962 bits per heavy atom. The fourth-order valence-corrected chi connectivity index (χ4v) is 3.42. The maximum atomic E-state index is 12.3. The third kappa shape index (κ3) is 3.14. The van der Waals surface area contributed by atoms with E-state index in [4.69, 9.17) is 11.6 Å². The standard InChI is InChI=1S/C22H17ClN2O/c1-15(26)25-14-20-5-3-17(16-8-10-24-11-9-16)12-18(20)2-4-19-13-21(23)6-7-22(19)25/h2-13H,14H2,1H3/b4-2-. The molecule has 0 saturated heterocycles. The molecule has 2 aromatic carbocycles. The van der Waals surface area contributed by atoms with Gasteiger partial charge in [0.15, 0.2) is 0 Å². The fourth-order valence-electron chi connectivity index (χ4n) is 3.24. The molecule has 0 aliphatic carbocycles. The molecule has 4 rings (SSSR count). The normalized spacial score (nSPS) is 14.0. The van der Waals surface area contributed by atoms with Gasteiger partial charge in [-0.25, -0.2) is 0 Å². The van der Waals surface area contributed by atoms with Gasteiger partial charge in [0.2, 0.25) is 5.91 Å². The molecule has 26 heavy (non-hydrogen) atoms. The Bertz CT molecular complexity index is 1010. The minimum Gasteiger partial charge on any atom is -0.308 e. The molecular weight excluding hydrogens is 344 g/mol. The quantitative estimate of drug-likeness (QED) is 0.579. The summed E-state index contributed by atoms with van der Waals surface area (Å²) in [6.45, 7) is 2.12. The minimum atomic E-state index is 0.00744. The van der Waals surface area contributed by atoms with Crippen LogP contribution >= 0.6 is 11.6 Å². The number of fused-ring (bicyclic) bond motifs is 2. The van der Waals surface area contributed by atoms with Crippen LogP contribution in [-0.4, -0.2) is 10.9 Å². The zero-order valence-electron chi connectivity index (χ0n) is 14.3. The van der Waals surface area contributed by atoms with Gasteiger partial charge in [0.25, 0.3) is 0 Å². The van der Waals surface area contributed by atoms with Crippen LogP contribution < -0.4 is 4.90 Å². The number of halogens is 1. The fraction of sp³-hybridized carbons (Fsp3) is 0.0909. The van der Waals surface area contributed by atoms with Crippen molar-refractivity contribution in [1.82, 2.24) is 4.98 Å². The van der Waals surface area contributed by atoms with Crippen LogP contribution in [0.5, 0.6) is 0 Å². The highest BCUT2D eigenvalue weighted by molar-refractivity contribution is 6.30. The predicted molar refractivity (Wildman–Crippen MR) is 107 cm³/mol. The van der Waals surface area contributed by atoms with E-state index in [0.29, 0.717) is 11.6 Å². The summed E-state index contributed by atoms with van der Waals surface area (Å²) in [6, 6.07) is 15.9. The Labute approximate surface area is 157 Å². The molecule has 1 aliphatic rings. The summed E-state index contributed by atoms with van der Waals surface area (Å²) in [5.41, 5.74) is 6.25. The Hall–Kier alpha value is -2.91. The highest BCUT2D eigenvalue weighted by Gasteiger charge is 2.19. The average molecular weight is 361 g/mol. The number of rotatable bonds is 1. The number of nitrogens with zero attached hydrogens (tertiary/aromatic N) is 2. The maximum Gasteiger partial charge on any atom is 0.224 e. The van der Waals surface area contributed by atoms with Crippen molar-refractivity contribution in [3.8, 4) is 11.1 Å². The van der Waals surface area contributed by atoms with Crippen LogP contribution in [-0.2, 0) is 11.3 Å². The molecule has 0 fully saturated rings. The van der Waals surface area contributed by atoms with Gasteiger partial charge in [-0.2, -0.15) is 0 Å². The largest absolute Gasteiger partial charge is 0.308 e. The lowest BCUT2D eigenvalue weighted by Gasteiger charge is -2.26. The van der Waals surface area contributed by atoms with Crippen molar-refractivity contribution in [1.29, 1.82) is 0 Å². The van der Waals surface area contributed by atoms with E-state index in [1.54, 1.807) is 24.2 Å². The molecule has 0 N–H and O–H groups in total. The van der Waals surface area contributed by atoms with Crippen molar-refractivity contribution in [3.05, 3.63) is 82.6 Å². The molecule has 1 amide bonds. The number of benzene rings is 2. The summed E-state index contributed by atoms with van der Waals surface area (Å²) < 4.78 is 0. The van der Waals surface area contributed by atoms with Gasteiger partial charge in [0.1, 0.15) is 0 Å². The van der Waals surface area contributed by atoms with Gasteiger partial charge >= 0.3 is 0 Å². The number of amides is 1. The van der Waals surface area contributed by atoms with Gasteiger partial charge in [-0.1, -0.05) is 35.9 Å². The molecule has 1 aromatic heterocycles. The van der Waals surface area contributed by atoms with Crippen LogP contribution in [0.4, 0.5) is 5.69 Å². The first-order valence-electron chi connectivity index (χ1n) is 8.41. The van der Waals surface area contributed by atoms with E-state index in [1.165, 1.54) is 0 Å². The number of anilines is 1. The average Bonchev–Trinajstić information content (AvgIpc) is 2.64. The Kier molecular flexibility index (Phi) is 4.31. The number of carbonyl (C=O) groups is 1. The Morgan fingerprint density at radius 3 is 2.50 bits per heavy atom. The highest BCUT2D eigenvalue weighted by Crippen LogP contribution is 2.32. The minimum absolute atomic E-state index is 0.00744. The van der Waals surface area contributed by atoms with Crippen LogP contribution in [0.3, 0.4) is 0 Å². The van der Waals surface area contributed by atoms with E-state index in [9.17, 15) is 4.79 Å². The van der Waals surface area contributed by atoms with Crippen LogP contribution in [0.15, 0.2) is 60.9 Å². The zero-order valence-corrected chi connectivity index (χ0v) is 15.1. The van der Waals surface area contributed by atoms with Crippen LogP contribution in [0.25, 0.3) is 23.3 Å². The Balaban J connectivity index is 1.85. The van der Waals surface area contributed by atoms with Gasteiger partial charge in [-0.3, -0.25) is 9.78 Å². The van der Waals surface area contributed by atoms with E-state index in [0.717, 1.165) is 33.5 Å². The van der Waals surface area contributed by atoms with E-state index >= 15 is 0 Å². The smallest absolute Gasteiger partial charge is 0.224 e. The van der Waals surface area contributed by atoms with Crippen molar-refractivity contribution in [2.75, 3.05) is 4.90 Å². The van der Waals surface area contributed by atoms with E-state index in [2.05, 4.69) is 29.3 Å². The number of hydrogen-bond donors (Lipinski definition) is 0. The van der Waals surface area contributed by atoms with Gasteiger partial charge in [0.05, 0.1) is 12.2 Å². The lowest BCUT2D eigenvalue weighted by Crippen LogP contribution is -2.29. The monoisotopic (exact) mass is 360 g/mol. The first-order chi connectivity index (χ1) is 12.6. The van der Waals surface area contributed by atoms with Crippen molar-refractivity contribution < 1.29 is 4.79 Å². The molecule has 3 nitrogen and oxygen atoms in total. The zero-order chi connectivity index (χ0) is 18.1. The number of pyridine rings is 1. The van der Waals surface area contributed by atoms with Crippen LogP contribution in [0.2, 0.25) is 5.02 Å². The maximum absolute atomic E-state index is 12.3. The third-order valence-corrected chi connectivity index (χ3v) is 4.83. The van der Waals surface area contributed by atoms with Crippen molar-refractivity contribution in [2.45, 2.75) is 13.5 Å². The summed E-state index contributed by atoms with van der Waals surface area (Å²) in [5, 5.41) is 0.656. The van der Waals surface area contributed by atoms with Crippen molar-refractivity contribution in [2.24, 2.45) is 0 Å². The second-order valence-electron chi connectivity index (χ2n) is 6.29. The topological polar surface area (TPSA) is 33.2 Å². The number of carbonyl (C=O) groups excluding carboxylic acids is 1. The molecule has 0 radical (unpaired) electrons. The molecule has 0 bridgehead atoms. The van der Waals surface area contributed by atoms with Gasteiger partial charge in [0, 0.05) is 24.3 Å². The lowest BCUT2D eigenvalue weighted by molar-refractivity contribution is -0.116. The van der Waals surface area contributed by atoms with Gasteiger partial charge in [-0.15, -0.1) is 0 Å². The molecule has 1 aliphatic heterocycles. The van der Waals surface area contributed by atoms with Crippen molar-refractivity contribution in [3.63, 3.8) is 0 Å². The molecule has 0 spiro atoms. The molecule has 4 heteroatoms. The second-order valence-corrected chi connectivity index (χ2v) is 6.73. The van der Waals surface area contributed by atoms with Crippen LogP contribution in [0, 0.1) is 0 Å².